The minimum atomic E-state index is -0.557. The number of fused-ring (bicyclic) bond motifs is 1. The van der Waals surface area contributed by atoms with Crippen molar-refractivity contribution in [3.63, 3.8) is 0 Å². The summed E-state index contributed by atoms with van der Waals surface area (Å²) < 4.78 is 21.5. The molecule has 2 heterocycles. The van der Waals surface area contributed by atoms with Gasteiger partial charge in [-0.1, -0.05) is 0 Å². The molecule has 2 unspecified atom stereocenters. The van der Waals surface area contributed by atoms with E-state index < -0.39 is 6.10 Å². The molecule has 26 heavy (non-hydrogen) atoms. The van der Waals surface area contributed by atoms with E-state index in [1.807, 2.05) is 11.9 Å². The second-order valence-corrected chi connectivity index (χ2v) is 6.32. The molecule has 8 nitrogen and oxygen atoms in total. The number of rotatable bonds is 6. The number of methoxy groups -OCH3 is 3. The number of hydrogen-bond donors (Lipinski definition) is 2. The molecule has 1 fully saturated rings. The molecule has 1 aromatic heterocycles. The molecule has 2 aromatic rings. The van der Waals surface area contributed by atoms with Crippen molar-refractivity contribution < 1.29 is 24.1 Å². The topological polar surface area (TPSA) is 93.3 Å². The summed E-state index contributed by atoms with van der Waals surface area (Å²) in [5.41, 5.74) is 0.955. The summed E-state index contributed by atoms with van der Waals surface area (Å²) in [7, 11) is 6.46. The highest BCUT2D eigenvalue weighted by molar-refractivity contribution is 5.90. The molecular formula is C18H24N2O6. The molecule has 1 aliphatic heterocycles. The van der Waals surface area contributed by atoms with Gasteiger partial charge in [0.15, 0.2) is 11.5 Å². The zero-order valence-corrected chi connectivity index (χ0v) is 15.4. The van der Waals surface area contributed by atoms with Crippen LogP contribution in [0.25, 0.3) is 10.9 Å². The Morgan fingerprint density at radius 2 is 1.92 bits per heavy atom. The quantitative estimate of drug-likeness (QED) is 0.781. The third kappa shape index (κ3) is 3.23. The normalized spacial score (nSPS) is 19.9. The van der Waals surface area contributed by atoms with Gasteiger partial charge in [0.05, 0.1) is 52.2 Å². The van der Waals surface area contributed by atoms with Gasteiger partial charge in [-0.15, -0.1) is 0 Å². The van der Waals surface area contributed by atoms with Crippen LogP contribution in [0, 0.1) is 0 Å². The largest absolute Gasteiger partial charge is 0.493 e. The van der Waals surface area contributed by atoms with Gasteiger partial charge in [0.2, 0.25) is 5.75 Å². The number of pyridine rings is 1. The summed E-state index contributed by atoms with van der Waals surface area (Å²) in [6.45, 7) is 1.12. The van der Waals surface area contributed by atoms with Crippen molar-refractivity contribution in [2.45, 2.75) is 18.7 Å². The third-order valence-electron chi connectivity index (χ3n) is 4.73. The summed E-state index contributed by atoms with van der Waals surface area (Å²) in [5, 5.41) is 10.7. The smallest absolute Gasteiger partial charge is 0.252 e. The Morgan fingerprint density at radius 1 is 1.19 bits per heavy atom. The van der Waals surface area contributed by atoms with Crippen LogP contribution in [0.5, 0.6) is 17.2 Å². The molecule has 2 N–H and O–H groups in total. The third-order valence-corrected chi connectivity index (χ3v) is 4.73. The first-order valence-electron chi connectivity index (χ1n) is 8.31. The van der Waals surface area contributed by atoms with Crippen LogP contribution in [0.1, 0.15) is 5.56 Å². The Labute approximate surface area is 151 Å². The van der Waals surface area contributed by atoms with E-state index in [0.29, 0.717) is 48.1 Å². The zero-order valence-electron chi connectivity index (χ0n) is 15.4. The lowest BCUT2D eigenvalue weighted by Gasteiger charge is -2.25. The van der Waals surface area contributed by atoms with Crippen molar-refractivity contribution in [3.05, 3.63) is 28.0 Å². The maximum Gasteiger partial charge on any atom is 0.252 e. The molecule has 3 rings (SSSR count). The fourth-order valence-corrected chi connectivity index (χ4v) is 3.32. The standard InChI is InChI=1S/C18H24N2O6/c1-20(13-8-26-9-14(13)21)7-10-5-11-12(19-18(10)22)6-15(23-2)17(25-4)16(11)24-3/h5-6,13-14,21H,7-9H2,1-4H3,(H,19,22). The maximum absolute atomic E-state index is 12.5. The van der Waals surface area contributed by atoms with E-state index in [4.69, 9.17) is 18.9 Å². The van der Waals surface area contributed by atoms with E-state index in [1.54, 1.807) is 19.2 Å². The second-order valence-electron chi connectivity index (χ2n) is 6.32. The number of aromatic nitrogens is 1. The Balaban J connectivity index is 2.04. The van der Waals surface area contributed by atoms with E-state index in [1.165, 1.54) is 14.2 Å². The lowest BCUT2D eigenvalue weighted by molar-refractivity contribution is 0.0923. The van der Waals surface area contributed by atoms with Gasteiger partial charge in [-0.3, -0.25) is 9.69 Å². The highest BCUT2D eigenvalue weighted by Gasteiger charge is 2.30. The Bertz CT molecular complexity index is 850. The van der Waals surface area contributed by atoms with Gasteiger partial charge in [0.25, 0.3) is 5.56 Å². The van der Waals surface area contributed by atoms with E-state index in [2.05, 4.69) is 4.98 Å². The molecule has 2 atom stereocenters. The molecule has 0 bridgehead atoms. The van der Waals surface area contributed by atoms with Gasteiger partial charge in [-0.2, -0.15) is 0 Å². The molecule has 142 valence electrons. The average Bonchev–Trinajstić information content (AvgIpc) is 3.06. The van der Waals surface area contributed by atoms with Crippen LogP contribution in [0.2, 0.25) is 0 Å². The molecule has 0 saturated carbocycles. The van der Waals surface area contributed by atoms with Gasteiger partial charge < -0.3 is 29.0 Å². The highest BCUT2D eigenvalue weighted by atomic mass is 16.5. The van der Waals surface area contributed by atoms with Gasteiger partial charge in [0.1, 0.15) is 0 Å². The Hall–Kier alpha value is -2.29. The van der Waals surface area contributed by atoms with Gasteiger partial charge >= 0.3 is 0 Å². The highest BCUT2D eigenvalue weighted by Crippen LogP contribution is 2.42. The molecule has 0 spiro atoms. The first-order valence-corrected chi connectivity index (χ1v) is 8.31. The average molecular weight is 364 g/mol. The predicted molar refractivity (Wildman–Crippen MR) is 96.3 cm³/mol. The van der Waals surface area contributed by atoms with Crippen molar-refractivity contribution in [2.24, 2.45) is 0 Å². The SMILES string of the molecule is COc1cc2[nH]c(=O)c(CN(C)C3COCC3O)cc2c(OC)c1OC. The van der Waals surface area contributed by atoms with Gasteiger partial charge in [-0.25, -0.2) is 0 Å². The van der Waals surface area contributed by atoms with Crippen LogP contribution >= 0.6 is 0 Å². The molecule has 0 aliphatic carbocycles. The predicted octanol–water partition coefficient (Wildman–Crippen LogP) is 0.745. The molecule has 0 amide bonds. The number of aromatic amines is 1. The summed E-state index contributed by atoms with van der Waals surface area (Å²) in [6, 6.07) is 3.35. The number of nitrogens with one attached hydrogen (secondary N) is 1. The number of hydrogen-bond acceptors (Lipinski definition) is 7. The molecular weight excluding hydrogens is 340 g/mol. The summed E-state index contributed by atoms with van der Waals surface area (Å²) >= 11 is 0. The van der Waals surface area contributed by atoms with Crippen LogP contribution in [0.4, 0.5) is 0 Å². The summed E-state index contributed by atoms with van der Waals surface area (Å²) in [6.07, 6.45) is -0.557. The van der Waals surface area contributed by atoms with Crippen molar-refractivity contribution in [1.82, 2.24) is 9.88 Å². The molecule has 0 radical (unpaired) electrons. The Kier molecular flexibility index (Phi) is 5.36. The number of aliphatic hydroxyl groups excluding tert-OH is 1. The molecule has 1 aliphatic rings. The van der Waals surface area contributed by atoms with Crippen molar-refractivity contribution in [3.8, 4) is 17.2 Å². The molecule has 1 saturated heterocycles. The monoisotopic (exact) mass is 364 g/mol. The lowest BCUT2D eigenvalue weighted by atomic mass is 10.1. The second kappa shape index (κ2) is 7.53. The number of likely N-dealkylation sites (N-methyl/N-ethyl adjacent to an activating group) is 1. The lowest BCUT2D eigenvalue weighted by Crippen LogP contribution is -2.40. The molecule has 8 heteroatoms. The van der Waals surface area contributed by atoms with Crippen LogP contribution in [-0.2, 0) is 11.3 Å². The summed E-state index contributed by atoms with van der Waals surface area (Å²) in [4.78, 5) is 17.3. The number of H-pyrrole nitrogens is 1. The zero-order chi connectivity index (χ0) is 18.8. The van der Waals surface area contributed by atoms with Crippen LogP contribution in [0.15, 0.2) is 16.9 Å². The van der Waals surface area contributed by atoms with E-state index in [9.17, 15) is 9.90 Å². The maximum atomic E-state index is 12.5. The fraction of sp³-hybridized carbons (Fsp3) is 0.500. The van der Waals surface area contributed by atoms with Crippen molar-refractivity contribution >= 4 is 10.9 Å². The fourth-order valence-electron chi connectivity index (χ4n) is 3.32. The minimum Gasteiger partial charge on any atom is -0.493 e. The number of ether oxygens (including phenoxy) is 4. The van der Waals surface area contributed by atoms with Crippen molar-refractivity contribution in [1.29, 1.82) is 0 Å². The Morgan fingerprint density at radius 3 is 2.50 bits per heavy atom. The van der Waals surface area contributed by atoms with E-state index in [0.717, 1.165) is 5.39 Å². The summed E-state index contributed by atoms with van der Waals surface area (Å²) in [5.74, 6) is 1.43. The minimum absolute atomic E-state index is 0.141. The van der Waals surface area contributed by atoms with E-state index >= 15 is 0 Å². The van der Waals surface area contributed by atoms with Crippen LogP contribution in [0.3, 0.4) is 0 Å². The van der Waals surface area contributed by atoms with Crippen molar-refractivity contribution in [2.75, 3.05) is 41.6 Å². The van der Waals surface area contributed by atoms with E-state index in [-0.39, 0.29) is 11.6 Å². The number of nitrogens with zero attached hydrogens (tertiary/aromatic N) is 1. The number of aliphatic hydroxyl groups is 1. The van der Waals surface area contributed by atoms with Gasteiger partial charge in [0, 0.05) is 23.6 Å². The van der Waals surface area contributed by atoms with Crippen LogP contribution < -0.4 is 19.8 Å². The number of benzene rings is 1. The first-order chi connectivity index (χ1) is 12.5. The first kappa shape index (κ1) is 18.5. The molecule has 1 aromatic carbocycles. The van der Waals surface area contributed by atoms with Gasteiger partial charge in [-0.05, 0) is 13.1 Å². The van der Waals surface area contributed by atoms with Crippen LogP contribution in [-0.4, -0.2) is 68.7 Å².